The van der Waals surface area contributed by atoms with Crippen LogP contribution in [-0.2, 0) is 19.1 Å². The van der Waals surface area contributed by atoms with E-state index in [1.807, 2.05) is 12.1 Å². The highest BCUT2D eigenvalue weighted by molar-refractivity contribution is 7.18. The van der Waals surface area contributed by atoms with Crippen molar-refractivity contribution in [1.29, 1.82) is 0 Å². The van der Waals surface area contributed by atoms with Gasteiger partial charge in [0.2, 0.25) is 5.91 Å². The first-order chi connectivity index (χ1) is 14.6. The molecule has 0 saturated heterocycles. The molecule has 0 aliphatic carbocycles. The standard InChI is InChI=1S/C21H23N3O6S/c1-11-15(18(26)29-4)17(31-16(11)19(27)30-5)22-14(25)10-24-13-9-7-6-8-12(13)23-21(2,3)20(24)28/h6-9,23H,10H2,1-5H3,(H,22,25). The number of hydrogen-bond acceptors (Lipinski definition) is 8. The van der Waals surface area contributed by atoms with E-state index in [1.165, 1.54) is 19.1 Å². The minimum Gasteiger partial charge on any atom is -0.465 e. The average molecular weight is 445 g/mol. The number of nitrogens with one attached hydrogen (secondary N) is 2. The first-order valence-electron chi connectivity index (χ1n) is 9.39. The first kappa shape index (κ1) is 22.3. The van der Waals surface area contributed by atoms with Crippen LogP contribution in [0.4, 0.5) is 16.4 Å². The molecule has 0 atom stereocenters. The molecule has 0 saturated carbocycles. The van der Waals surface area contributed by atoms with Crippen LogP contribution in [0.1, 0.15) is 39.4 Å². The largest absolute Gasteiger partial charge is 0.465 e. The van der Waals surface area contributed by atoms with Gasteiger partial charge in [0.25, 0.3) is 5.91 Å². The third kappa shape index (κ3) is 4.11. The normalized spacial score (nSPS) is 14.4. The SMILES string of the molecule is COC(=O)c1sc(NC(=O)CN2C(=O)C(C)(C)Nc3ccccc32)c(C(=O)OC)c1C. The molecule has 1 aliphatic rings. The lowest BCUT2D eigenvalue weighted by Gasteiger charge is -2.39. The molecule has 0 radical (unpaired) electrons. The third-order valence-corrected chi connectivity index (χ3v) is 6.07. The van der Waals surface area contributed by atoms with E-state index in [-0.39, 0.29) is 27.9 Å². The van der Waals surface area contributed by atoms with Crippen LogP contribution in [-0.4, -0.2) is 50.1 Å². The Labute approximate surface area is 183 Å². The minimum atomic E-state index is -0.899. The maximum atomic E-state index is 13.0. The molecule has 0 spiro atoms. The van der Waals surface area contributed by atoms with Gasteiger partial charge in [-0.15, -0.1) is 11.3 Å². The fourth-order valence-corrected chi connectivity index (χ4v) is 4.48. The lowest BCUT2D eigenvalue weighted by molar-refractivity contribution is -0.124. The van der Waals surface area contributed by atoms with Crippen LogP contribution in [0.15, 0.2) is 24.3 Å². The highest BCUT2D eigenvalue weighted by atomic mass is 32.1. The zero-order chi connectivity index (χ0) is 22.9. The number of hydrogen-bond donors (Lipinski definition) is 2. The quantitative estimate of drug-likeness (QED) is 0.680. The second kappa shape index (κ2) is 8.38. The summed E-state index contributed by atoms with van der Waals surface area (Å²) in [6, 6.07) is 7.18. The lowest BCUT2D eigenvalue weighted by Crippen LogP contribution is -2.55. The van der Waals surface area contributed by atoms with Crippen molar-refractivity contribution >= 4 is 51.5 Å². The molecule has 1 aromatic carbocycles. The zero-order valence-corrected chi connectivity index (χ0v) is 18.6. The molecule has 1 aliphatic heterocycles. The van der Waals surface area contributed by atoms with Crippen molar-refractivity contribution in [1.82, 2.24) is 0 Å². The Balaban J connectivity index is 1.91. The highest BCUT2D eigenvalue weighted by Crippen LogP contribution is 2.36. The van der Waals surface area contributed by atoms with Crippen molar-refractivity contribution in [3.63, 3.8) is 0 Å². The summed E-state index contributed by atoms with van der Waals surface area (Å²) in [5.74, 6) is -2.11. The Morgan fingerprint density at radius 3 is 2.42 bits per heavy atom. The number of thiophene rings is 1. The van der Waals surface area contributed by atoms with Crippen molar-refractivity contribution in [2.75, 3.05) is 36.3 Å². The van der Waals surface area contributed by atoms with Crippen LogP contribution in [0.3, 0.4) is 0 Å². The van der Waals surface area contributed by atoms with Gasteiger partial charge in [-0.05, 0) is 38.5 Å². The van der Waals surface area contributed by atoms with E-state index in [9.17, 15) is 19.2 Å². The summed E-state index contributed by atoms with van der Waals surface area (Å²) < 4.78 is 9.55. The van der Waals surface area contributed by atoms with Gasteiger partial charge in [-0.2, -0.15) is 0 Å². The number of nitrogens with zero attached hydrogens (tertiary/aromatic N) is 1. The number of rotatable bonds is 5. The first-order valence-corrected chi connectivity index (χ1v) is 10.2. The van der Waals surface area contributed by atoms with Crippen molar-refractivity contribution < 1.29 is 28.7 Å². The molecule has 2 amide bonds. The summed E-state index contributed by atoms with van der Waals surface area (Å²) in [5.41, 5.74) is 0.837. The lowest BCUT2D eigenvalue weighted by atomic mass is 9.98. The van der Waals surface area contributed by atoms with Crippen LogP contribution in [0.2, 0.25) is 0 Å². The summed E-state index contributed by atoms with van der Waals surface area (Å²) in [4.78, 5) is 51.7. The molecule has 0 fully saturated rings. The smallest absolute Gasteiger partial charge is 0.348 e. The van der Waals surface area contributed by atoms with Crippen molar-refractivity contribution in [3.8, 4) is 0 Å². The zero-order valence-electron chi connectivity index (χ0n) is 17.8. The number of esters is 2. The Kier molecular flexibility index (Phi) is 6.03. The number of ether oxygens (including phenoxy) is 2. The summed E-state index contributed by atoms with van der Waals surface area (Å²) in [6.07, 6.45) is 0. The number of para-hydroxylation sites is 2. The number of amides is 2. The van der Waals surface area contributed by atoms with Gasteiger partial charge in [0, 0.05) is 0 Å². The number of fused-ring (bicyclic) bond motifs is 1. The molecule has 2 N–H and O–H groups in total. The fraction of sp³-hybridized carbons (Fsp3) is 0.333. The second-order valence-electron chi connectivity index (χ2n) is 7.45. The van der Waals surface area contributed by atoms with Gasteiger partial charge < -0.3 is 20.1 Å². The Hall–Kier alpha value is -3.40. The Morgan fingerprint density at radius 2 is 1.77 bits per heavy atom. The highest BCUT2D eigenvalue weighted by Gasteiger charge is 2.39. The number of benzene rings is 1. The van der Waals surface area contributed by atoms with Gasteiger partial charge in [0.1, 0.15) is 22.0 Å². The van der Waals surface area contributed by atoms with Gasteiger partial charge in [-0.1, -0.05) is 12.1 Å². The summed E-state index contributed by atoms with van der Waals surface area (Å²) >= 11 is 0.916. The Morgan fingerprint density at radius 1 is 1.13 bits per heavy atom. The van der Waals surface area contributed by atoms with Gasteiger partial charge >= 0.3 is 11.9 Å². The number of carbonyl (C=O) groups excluding carboxylic acids is 4. The monoisotopic (exact) mass is 445 g/mol. The van der Waals surface area contributed by atoms with Crippen LogP contribution in [0.25, 0.3) is 0 Å². The predicted molar refractivity (Wildman–Crippen MR) is 117 cm³/mol. The third-order valence-electron chi connectivity index (χ3n) is 4.88. The maximum Gasteiger partial charge on any atom is 0.348 e. The molecule has 1 aromatic heterocycles. The second-order valence-corrected chi connectivity index (χ2v) is 8.47. The summed E-state index contributed by atoms with van der Waals surface area (Å²) in [7, 11) is 2.44. The predicted octanol–water partition coefficient (Wildman–Crippen LogP) is 2.81. The molecule has 9 nitrogen and oxygen atoms in total. The molecule has 10 heteroatoms. The van der Waals surface area contributed by atoms with Gasteiger partial charge in [-0.3, -0.25) is 14.5 Å². The van der Waals surface area contributed by atoms with E-state index < -0.39 is 23.4 Å². The minimum absolute atomic E-state index is 0.0774. The fourth-order valence-electron chi connectivity index (χ4n) is 3.36. The Bertz CT molecular complexity index is 1080. The van der Waals surface area contributed by atoms with Crippen LogP contribution in [0.5, 0.6) is 0 Å². The summed E-state index contributed by atoms with van der Waals surface area (Å²) in [6.45, 7) is 4.77. The van der Waals surface area contributed by atoms with Gasteiger partial charge in [-0.25, -0.2) is 9.59 Å². The van der Waals surface area contributed by atoms with E-state index in [1.54, 1.807) is 32.9 Å². The molecule has 164 valence electrons. The van der Waals surface area contributed by atoms with E-state index in [0.717, 1.165) is 17.0 Å². The number of methoxy groups -OCH3 is 2. The van der Waals surface area contributed by atoms with Crippen LogP contribution >= 0.6 is 11.3 Å². The van der Waals surface area contributed by atoms with Crippen molar-refractivity contribution in [2.45, 2.75) is 26.3 Å². The molecular weight excluding hydrogens is 422 g/mol. The molecule has 0 unspecified atom stereocenters. The summed E-state index contributed by atoms with van der Waals surface area (Å²) in [5, 5.41) is 5.97. The molecular formula is C21H23N3O6S. The number of carbonyl (C=O) groups is 4. The van der Waals surface area contributed by atoms with Crippen molar-refractivity contribution in [2.24, 2.45) is 0 Å². The average Bonchev–Trinajstić information content (AvgIpc) is 3.05. The van der Waals surface area contributed by atoms with E-state index in [4.69, 9.17) is 9.47 Å². The topological polar surface area (TPSA) is 114 Å². The molecule has 2 aromatic rings. The number of anilines is 3. The molecule has 0 bridgehead atoms. The van der Waals surface area contributed by atoms with E-state index in [2.05, 4.69) is 10.6 Å². The van der Waals surface area contributed by atoms with Crippen LogP contribution < -0.4 is 15.5 Å². The molecule has 3 rings (SSSR count). The van der Waals surface area contributed by atoms with Crippen LogP contribution in [0, 0.1) is 6.92 Å². The van der Waals surface area contributed by atoms with Gasteiger partial charge in [0.05, 0.1) is 31.2 Å². The van der Waals surface area contributed by atoms with E-state index >= 15 is 0 Å². The van der Waals surface area contributed by atoms with E-state index in [0.29, 0.717) is 11.3 Å². The van der Waals surface area contributed by atoms with Gasteiger partial charge in [0.15, 0.2) is 0 Å². The molecule has 2 heterocycles. The maximum absolute atomic E-state index is 13.0. The molecule has 31 heavy (non-hydrogen) atoms. The van der Waals surface area contributed by atoms with Crippen molar-refractivity contribution in [3.05, 3.63) is 40.3 Å².